The second-order valence-electron chi connectivity index (χ2n) is 4.22. The van der Waals surface area contributed by atoms with Crippen molar-refractivity contribution in [2.75, 3.05) is 24.8 Å². The molecule has 0 fully saturated rings. The van der Waals surface area contributed by atoms with Crippen molar-refractivity contribution in [3.05, 3.63) is 48.3 Å². The zero-order valence-corrected chi connectivity index (χ0v) is 11.4. The Balaban J connectivity index is 1.93. The zero-order valence-electron chi connectivity index (χ0n) is 11.4. The number of nitrogen functional groups attached to an aromatic ring is 1. The topological polar surface area (TPSA) is 73.6 Å². The highest BCUT2D eigenvalue weighted by atomic mass is 19.1. The molecule has 1 amide bonds. The summed E-state index contributed by atoms with van der Waals surface area (Å²) in [7, 11) is 1.37. The summed E-state index contributed by atoms with van der Waals surface area (Å²) < 4.78 is 23.6. The molecule has 3 N–H and O–H groups in total. The fourth-order valence-electron chi connectivity index (χ4n) is 1.70. The number of carbonyl (C=O) groups is 1. The molecule has 0 radical (unpaired) electrons. The molecule has 0 saturated heterocycles. The van der Waals surface area contributed by atoms with Crippen molar-refractivity contribution >= 4 is 17.3 Å². The number of benzene rings is 2. The van der Waals surface area contributed by atoms with Gasteiger partial charge < -0.3 is 20.5 Å². The third kappa shape index (κ3) is 3.85. The molecule has 0 bridgehead atoms. The average molecular weight is 290 g/mol. The van der Waals surface area contributed by atoms with Crippen LogP contribution in [0.5, 0.6) is 11.5 Å². The van der Waals surface area contributed by atoms with Crippen molar-refractivity contribution in [2.45, 2.75) is 0 Å². The molecule has 0 aliphatic rings. The van der Waals surface area contributed by atoms with E-state index in [1.54, 1.807) is 24.3 Å². The van der Waals surface area contributed by atoms with Crippen molar-refractivity contribution < 1.29 is 18.7 Å². The van der Waals surface area contributed by atoms with E-state index in [0.717, 1.165) is 0 Å². The number of amides is 1. The molecule has 6 heteroatoms. The summed E-state index contributed by atoms with van der Waals surface area (Å²) in [4.78, 5) is 11.7. The molecule has 0 aromatic heterocycles. The van der Waals surface area contributed by atoms with E-state index < -0.39 is 11.7 Å². The highest BCUT2D eigenvalue weighted by Crippen LogP contribution is 2.21. The molecule has 2 rings (SSSR count). The van der Waals surface area contributed by atoms with Crippen LogP contribution in [-0.4, -0.2) is 19.6 Å². The smallest absolute Gasteiger partial charge is 0.262 e. The molecular weight excluding hydrogens is 275 g/mol. The van der Waals surface area contributed by atoms with Gasteiger partial charge in [0.15, 0.2) is 18.2 Å². The fourth-order valence-corrected chi connectivity index (χ4v) is 1.70. The van der Waals surface area contributed by atoms with Crippen LogP contribution in [0.25, 0.3) is 0 Å². The van der Waals surface area contributed by atoms with Gasteiger partial charge in [0, 0.05) is 11.8 Å². The molecule has 0 atom stereocenters. The highest BCUT2D eigenvalue weighted by Gasteiger charge is 2.08. The Morgan fingerprint density at radius 3 is 2.67 bits per heavy atom. The Bertz CT molecular complexity index is 647. The number of nitrogens with one attached hydrogen (secondary N) is 1. The number of para-hydroxylation sites is 2. The van der Waals surface area contributed by atoms with E-state index in [1.807, 2.05) is 0 Å². The van der Waals surface area contributed by atoms with Crippen molar-refractivity contribution in [2.24, 2.45) is 0 Å². The van der Waals surface area contributed by atoms with Crippen LogP contribution in [-0.2, 0) is 4.79 Å². The lowest BCUT2D eigenvalue weighted by molar-refractivity contribution is -0.118. The Morgan fingerprint density at radius 1 is 1.24 bits per heavy atom. The van der Waals surface area contributed by atoms with Crippen LogP contribution in [0.1, 0.15) is 0 Å². The third-order valence-electron chi connectivity index (χ3n) is 2.71. The lowest BCUT2D eigenvalue weighted by atomic mass is 10.3. The van der Waals surface area contributed by atoms with E-state index in [1.165, 1.54) is 25.3 Å². The second kappa shape index (κ2) is 6.60. The standard InChI is InChI=1S/C15H15FN2O3/c1-20-13-7-6-10(8-11(13)16)18-15(19)9-21-14-5-3-2-4-12(14)17/h2-8H,9,17H2,1H3,(H,18,19). The van der Waals surface area contributed by atoms with Crippen LogP contribution in [0.15, 0.2) is 42.5 Å². The Labute approximate surface area is 121 Å². The quantitative estimate of drug-likeness (QED) is 0.829. The SMILES string of the molecule is COc1ccc(NC(=O)COc2ccccc2N)cc1F. The number of ether oxygens (including phenoxy) is 2. The van der Waals surface area contributed by atoms with Gasteiger partial charge in [0.25, 0.3) is 5.91 Å². The summed E-state index contributed by atoms with van der Waals surface area (Å²) >= 11 is 0. The summed E-state index contributed by atoms with van der Waals surface area (Å²) in [6.07, 6.45) is 0. The molecular formula is C15H15FN2O3. The van der Waals surface area contributed by atoms with Gasteiger partial charge in [-0.25, -0.2) is 4.39 Å². The normalized spacial score (nSPS) is 10.0. The van der Waals surface area contributed by atoms with E-state index >= 15 is 0 Å². The largest absolute Gasteiger partial charge is 0.494 e. The van der Waals surface area contributed by atoms with E-state index in [2.05, 4.69) is 5.32 Å². The number of hydrogen-bond donors (Lipinski definition) is 2. The van der Waals surface area contributed by atoms with Gasteiger partial charge in [-0.15, -0.1) is 0 Å². The molecule has 0 heterocycles. The first-order valence-electron chi connectivity index (χ1n) is 6.21. The van der Waals surface area contributed by atoms with Gasteiger partial charge in [0.2, 0.25) is 0 Å². The van der Waals surface area contributed by atoms with Gasteiger partial charge in [0.1, 0.15) is 5.75 Å². The zero-order chi connectivity index (χ0) is 15.2. The summed E-state index contributed by atoms with van der Waals surface area (Å²) in [5, 5.41) is 2.52. The van der Waals surface area contributed by atoms with Crippen LogP contribution in [0.4, 0.5) is 15.8 Å². The summed E-state index contributed by atoms with van der Waals surface area (Å²) in [6.45, 7) is -0.220. The van der Waals surface area contributed by atoms with Crippen LogP contribution < -0.4 is 20.5 Å². The minimum Gasteiger partial charge on any atom is -0.494 e. The van der Waals surface area contributed by atoms with Crippen LogP contribution in [0, 0.1) is 5.82 Å². The van der Waals surface area contributed by atoms with Gasteiger partial charge in [0.05, 0.1) is 12.8 Å². The number of anilines is 2. The van der Waals surface area contributed by atoms with Crippen LogP contribution in [0.3, 0.4) is 0 Å². The average Bonchev–Trinajstić information content (AvgIpc) is 2.46. The van der Waals surface area contributed by atoms with Crippen LogP contribution in [0.2, 0.25) is 0 Å². The molecule has 0 aliphatic carbocycles. The predicted octanol–water partition coefficient (Wildman–Crippen LogP) is 2.43. The maximum atomic E-state index is 13.5. The molecule has 2 aromatic carbocycles. The molecule has 0 spiro atoms. The van der Waals surface area contributed by atoms with Gasteiger partial charge >= 0.3 is 0 Å². The first-order chi connectivity index (χ1) is 10.1. The van der Waals surface area contributed by atoms with Gasteiger partial charge in [-0.05, 0) is 24.3 Å². The van der Waals surface area contributed by atoms with Gasteiger partial charge in [-0.1, -0.05) is 12.1 Å². The number of nitrogens with two attached hydrogens (primary N) is 1. The molecule has 2 aromatic rings. The summed E-state index contributed by atoms with van der Waals surface area (Å²) in [6, 6.07) is 11.0. The monoisotopic (exact) mass is 290 g/mol. The first kappa shape index (κ1) is 14.6. The van der Waals surface area contributed by atoms with Crippen molar-refractivity contribution in [3.8, 4) is 11.5 Å². The minimum atomic E-state index is -0.552. The predicted molar refractivity (Wildman–Crippen MR) is 77.9 cm³/mol. The lowest BCUT2D eigenvalue weighted by Crippen LogP contribution is -2.20. The lowest BCUT2D eigenvalue weighted by Gasteiger charge is -2.10. The van der Waals surface area contributed by atoms with E-state index in [-0.39, 0.29) is 12.4 Å². The Kier molecular flexibility index (Phi) is 4.61. The van der Waals surface area contributed by atoms with Crippen molar-refractivity contribution in [3.63, 3.8) is 0 Å². The fraction of sp³-hybridized carbons (Fsp3) is 0.133. The number of methoxy groups -OCH3 is 1. The van der Waals surface area contributed by atoms with Gasteiger partial charge in [-0.3, -0.25) is 4.79 Å². The van der Waals surface area contributed by atoms with E-state index in [0.29, 0.717) is 17.1 Å². The Morgan fingerprint density at radius 2 is 2.00 bits per heavy atom. The summed E-state index contributed by atoms with van der Waals surface area (Å²) in [5.74, 6) is -0.429. The second-order valence-corrected chi connectivity index (χ2v) is 4.22. The van der Waals surface area contributed by atoms with Crippen LogP contribution >= 0.6 is 0 Å². The highest BCUT2D eigenvalue weighted by molar-refractivity contribution is 5.92. The maximum Gasteiger partial charge on any atom is 0.262 e. The molecule has 110 valence electrons. The van der Waals surface area contributed by atoms with Gasteiger partial charge in [-0.2, -0.15) is 0 Å². The summed E-state index contributed by atoms with van der Waals surface area (Å²) in [5.41, 5.74) is 6.46. The first-order valence-corrected chi connectivity index (χ1v) is 6.21. The van der Waals surface area contributed by atoms with Crippen molar-refractivity contribution in [1.82, 2.24) is 0 Å². The minimum absolute atomic E-state index is 0.112. The molecule has 5 nitrogen and oxygen atoms in total. The number of rotatable bonds is 5. The number of carbonyl (C=O) groups excluding carboxylic acids is 1. The van der Waals surface area contributed by atoms with Crippen molar-refractivity contribution in [1.29, 1.82) is 0 Å². The molecule has 0 aliphatic heterocycles. The van der Waals surface area contributed by atoms with E-state index in [9.17, 15) is 9.18 Å². The molecule has 21 heavy (non-hydrogen) atoms. The number of hydrogen-bond acceptors (Lipinski definition) is 4. The molecule has 0 saturated carbocycles. The molecule has 0 unspecified atom stereocenters. The van der Waals surface area contributed by atoms with E-state index in [4.69, 9.17) is 15.2 Å². The maximum absolute atomic E-state index is 13.5. The Hall–Kier alpha value is -2.76. The number of halogens is 1. The third-order valence-corrected chi connectivity index (χ3v) is 2.71.